The lowest BCUT2D eigenvalue weighted by Crippen LogP contribution is -2.38. The van der Waals surface area contributed by atoms with Gasteiger partial charge in [0.25, 0.3) is 0 Å². The highest BCUT2D eigenvalue weighted by Crippen LogP contribution is 2.27. The van der Waals surface area contributed by atoms with Crippen LogP contribution in [-0.2, 0) is 0 Å². The summed E-state index contributed by atoms with van der Waals surface area (Å²) < 4.78 is 5.40. The van der Waals surface area contributed by atoms with Crippen LogP contribution in [0.15, 0.2) is 42.6 Å². The molecule has 0 spiro atoms. The van der Waals surface area contributed by atoms with Crippen LogP contribution in [-0.4, -0.2) is 55.7 Å². The Labute approximate surface area is 184 Å². The van der Waals surface area contributed by atoms with Crippen LogP contribution in [0.25, 0.3) is 0 Å². The molecule has 0 saturated carbocycles. The number of ether oxygens (including phenoxy) is 1. The average molecular weight is 424 g/mol. The molecule has 2 amide bonds. The van der Waals surface area contributed by atoms with Gasteiger partial charge in [-0.1, -0.05) is 12.1 Å². The molecule has 2 aliphatic rings. The normalized spacial score (nSPS) is 17.9. The number of carbonyl (C=O) groups is 1. The minimum Gasteiger partial charge on any atom is -0.497 e. The van der Waals surface area contributed by atoms with Gasteiger partial charge in [0, 0.05) is 19.6 Å². The van der Waals surface area contributed by atoms with Crippen LogP contribution in [0.3, 0.4) is 0 Å². The Morgan fingerprint density at radius 2 is 1.84 bits per heavy atom. The van der Waals surface area contributed by atoms with Crippen molar-refractivity contribution in [2.24, 2.45) is 0 Å². The Kier molecular flexibility index (Phi) is 7.25. The number of piperidine rings is 1. The molecule has 166 valence electrons. The van der Waals surface area contributed by atoms with Crippen molar-refractivity contribution < 1.29 is 9.53 Å². The maximum Gasteiger partial charge on any atom is 0.319 e. The summed E-state index contributed by atoms with van der Waals surface area (Å²) in [4.78, 5) is 21.9. The second-order valence-electron chi connectivity index (χ2n) is 8.32. The van der Waals surface area contributed by atoms with E-state index in [4.69, 9.17) is 4.74 Å². The molecule has 2 saturated heterocycles. The zero-order chi connectivity index (χ0) is 21.5. The van der Waals surface area contributed by atoms with Crippen LogP contribution in [0.2, 0.25) is 0 Å². The molecule has 2 aromatic rings. The standard InChI is InChI=1S/C24H33N5O2/c1-31-21-9-7-8-19(16-21)22(28-12-5-6-13-28)18-26-24(30)27-20-10-11-23(25-17-20)29-14-3-2-4-15-29/h7-11,16-17,22H,2-6,12-15,18H2,1H3,(H2,26,27,30)/t22-/m0/s1. The minimum atomic E-state index is -0.209. The van der Waals surface area contributed by atoms with Crippen molar-refractivity contribution in [3.8, 4) is 5.75 Å². The van der Waals surface area contributed by atoms with E-state index in [0.717, 1.165) is 43.3 Å². The van der Waals surface area contributed by atoms with E-state index in [1.54, 1.807) is 13.3 Å². The number of carbonyl (C=O) groups excluding carboxylic acids is 1. The van der Waals surface area contributed by atoms with Crippen molar-refractivity contribution in [2.45, 2.75) is 38.1 Å². The number of anilines is 2. The SMILES string of the molecule is COc1cccc([C@H](CNC(=O)Nc2ccc(N3CCCCC3)nc2)N2CCCC2)c1. The number of amides is 2. The molecule has 0 radical (unpaired) electrons. The van der Waals surface area contributed by atoms with Gasteiger partial charge in [-0.05, 0) is 75.0 Å². The van der Waals surface area contributed by atoms with Gasteiger partial charge >= 0.3 is 6.03 Å². The molecule has 0 bridgehead atoms. The number of pyridine rings is 1. The number of likely N-dealkylation sites (tertiary alicyclic amines) is 1. The maximum absolute atomic E-state index is 12.6. The summed E-state index contributed by atoms with van der Waals surface area (Å²) in [6, 6.07) is 12.0. The fraction of sp³-hybridized carbons (Fsp3) is 0.500. The van der Waals surface area contributed by atoms with Crippen molar-refractivity contribution in [1.82, 2.24) is 15.2 Å². The third-order valence-corrected chi connectivity index (χ3v) is 6.20. The Morgan fingerprint density at radius 1 is 1.06 bits per heavy atom. The summed E-state index contributed by atoms with van der Waals surface area (Å²) in [5.41, 5.74) is 1.87. The van der Waals surface area contributed by atoms with E-state index in [9.17, 15) is 4.79 Å². The van der Waals surface area contributed by atoms with Crippen molar-refractivity contribution in [3.63, 3.8) is 0 Å². The average Bonchev–Trinajstić information content (AvgIpc) is 3.35. The summed E-state index contributed by atoms with van der Waals surface area (Å²) in [7, 11) is 1.68. The number of urea groups is 1. The van der Waals surface area contributed by atoms with Gasteiger partial charge in [0.2, 0.25) is 0 Å². The monoisotopic (exact) mass is 423 g/mol. The van der Waals surface area contributed by atoms with Crippen LogP contribution in [0.4, 0.5) is 16.3 Å². The lowest BCUT2D eigenvalue weighted by molar-refractivity contribution is 0.227. The highest BCUT2D eigenvalue weighted by atomic mass is 16.5. The molecule has 7 nitrogen and oxygen atoms in total. The largest absolute Gasteiger partial charge is 0.497 e. The van der Waals surface area contributed by atoms with Gasteiger partial charge in [0.15, 0.2) is 0 Å². The number of hydrogen-bond acceptors (Lipinski definition) is 5. The molecule has 2 fully saturated rings. The highest BCUT2D eigenvalue weighted by molar-refractivity contribution is 5.89. The van der Waals surface area contributed by atoms with Crippen LogP contribution >= 0.6 is 0 Å². The molecular formula is C24H33N5O2. The van der Waals surface area contributed by atoms with Crippen LogP contribution in [0.5, 0.6) is 5.75 Å². The third-order valence-electron chi connectivity index (χ3n) is 6.20. The van der Waals surface area contributed by atoms with E-state index < -0.39 is 0 Å². The molecule has 1 atom stereocenters. The quantitative estimate of drug-likeness (QED) is 0.703. The maximum atomic E-state index is 12.6. The van der Waals surface area contributed by atoms with Gasteiger partial charge < -0.3 is 20.3 Å². The van der Waals surface area contributed by atoms with Gasteiger partial charge in [0.05, 0.1) is 25.0 Å². The van der Waals surface area contributed by atoms with E-state index in [1.807, 2.05) is 24.3 Å². The smallest absolute Gasteiger partial charge is 0.319 e. The van der Waals surface area contributed by atoms with Crippen LogP contribution < -0.4 is 20.3 Å². The van der Waals surface area contributed by atoms with Gasteiger partial charge in [-0.2, -0.15) is 0 Å². The van der Waals surface area contributed by atoms with Crippen LogP contribution in [0.1, 0.15) is 43.7 Å². The van der Waals surface area contributed by atoms with Crippen molar-refractivity contribution in [2.75, 3.05) is 50.1 Å². The molecule has 31 heavy (non-hydrogen) atoms. The molecule has 4 rings (SSSR count). The van der Waals surface area contributed by atoms with E-state index in [2.05, 4.69) is 37.6 Å². The number of aromatic nitrogens is 1. The molecule has 0 aliphatic carbocycles. The summed E-state index contributed by atoms with van der Waals surface area (Å²) in [5.74, 6) is 1.82. The number of hydrogen-bond donors (Lipinski definition) is 2. The van der Waals surface area contributed by atoms with Crippen molar-refractivity contribution in [3.05, 3.63) is 48.2 Å². The lowest BCUT2D eigenvalue weighted by atomic mass is 10.1. The number of nitrogens with one attached hydrogen (secondary N) is 2. The fourth-order valence-corrected chi connectivity index (χ4v) is 4.49. The number of nitrogens with zero attached hydrogens (tertiary/aromatic N) is 3. The number of benzene rings is 1. The minimum absolute atomic E-state index is 0.128. The molecular weight excluding hydrogens is 390 g/mol. The second-order valence-corrected chi connectivity index (χ2v) is 8.32. The summed E-state index contributed by atoms with van der Waals surface area (Å²) >= 11 is 0. The Morgan fingerprint density at radius 3 is 2.55 bits per heavy atom. The Balaban J connectivity index is 1.35. The molecule has 7 heteroatoms. The number of methoxy groups -OCH3 is 1. The van der Waals surface area contributed by atoms with E-state index in [0.29, 0.717) is 12.2 Å². The predicted octanol–water partition coefficient (Wildman–Crippen LogP) is 4.04. The van der Waals surface area contributed by atoms with Gasteiger partial charge in [-0.25, -0.2) is 9.78 Å². The zero-order valence-corrected chi connectivity index (χ0v) is 18.3. The van der Waals surface area contributed by atoms with Gasteiger partial charge in [-0.15, -0.1) is 0 Å². The number of rotatable bonds is 7. The molecule has 3 heterocycles. The Bertz CT molecular complexity index is 845. The molecule has 1 aromatic heterocycles. The van der Waals surface area contributed by atoms with E-state index >= 15 is 0 Å². The van der Waals surface area contributed by atoms with E-state index in [1.165, 1.54) is 32.1 Å². The van der Waals surface area contributed by atoms with Crippen LogP contribution in [0, 0.1) is 0 Å². The first-order valence-electron chi connectivity index (χ1n) is 11.4. The third kappa shape index (κ3) is 5.67. The summed E-state index contributed by atoms with van der Waals surface area (Å²) in [5, 5.41) is 5.97. The van der Waals surface area contributed by atoms with Crippen molar-refractivity contribution >= 4 is 17.5 Å². The molecule has 2 N–H and O–H groups in total. The zero-order valence-electron chi connectivity index (χ0n) is 18.3. The molecule has 2 aliphatic heterocycles. The topological polar surface area (TPSA) is 69.7 Å². The molecule has 1 aromatic carbocycles. The first kappa shape index (κ1) is 21.4. The van der Waals surface area contributed by atoms with Crippen molar-refractivity contribution in [1.29, 1.82) is 0 Å². The predicted molar refractivity (Wildman–Crippen MR) is 124 cm³/mol. The second kappa shape index (κ2) is 10.5. The first-order valence-corrected chi connectivity index (χ1v) is 11.4. The first-order chi connectivity index (χ1) is 15.2. The summed E-state index contributed by atoms with van der Waals surface area (Å²) in [6.45, 7) is 4.75. The summed E-state index contributed by atoms with van der Waals surface area (Å²) in [6.07, 6.45) is 7.86. The van der Waals surface area contributed by atoms with Gasteiger partial charge in [-0.3, -0.25) is 4.90 Å². The Hall–Kier alpha value is -2.80. The van der Waals surface area contributed by atoms with Gasteiger partial charge in [0.1, 0.15) is 11.6 Å². The molecule has 0 unspecified atom stereocenters. The fourth-order valence-electron chi connectivity index (χ4n) is 4.49. The highest BCUT2D eigenvalue weighted by Gasteiger charge is 2.24. The van der Waals surface area contributed by atoms with E-state index in [-0.39, 0.29) is 12.1 Å². The lowest BCUT2D eigenvalue weighted by Gasteiger charge is -2.28.